The fraction of sp³-hybridized carbons (Fsp3) is 0.524. The van der Waals surface area contributed by atoms with Crippen LogP contribution in [0.3, 0.4) is 0 Å². The minimum absolute atomic E-state index is 0.207. The van der Waals surface area contributed by atoms with Gasteiger partial charge in [-0.25, -0.2) is 0 Å². The summed E-state index contributed by atoms with van der Waals surface area (Å²) in [5.41, 5.74) is 1.16. The van der Waals surface area contributed by atoms with E-state index in [9.17, 15) is 19.5 Å². The fourth-order valence-corrected chi connectivity index (χ4v) is 3.60. The van der Waals surface area contributed by atoms with E-state index in [4.69, 9.17) is 19.4 Å². The first kappa shape index (κ1) is 24.9. The van der Waals surface area contributed by atoms with E-state index in [1.807, 2.05) is 0 Å². The third-order valence-electron chi connectivity index (χ3n) is 5.27. The van der Waals surface area contributed by atoms with Gasteiger partial charge in [0, 0.05) is 11.5 Å². The molecule has 1 aliphatic carbocycles. The number of hydrogen-bond donors (Lipinski definition) is 4. The molecule has 3 rings (SSSR count). The average molecular weight is 452 g/mol. The summed E-state index contributed by atoms with van der Waals surface area (Å²) in [6, 6.07) is 2.82. The first-order chi connectivity index (χ1) is 15.3. The Morgan fingerprint density at radius 1 is 1.19 bits per heavy atom. The van der Waals surface area contributed by atoms with Crippen LogP contribution < -0.4 is 20.1 Å². The predicted molar refractivity (Wildman–Crippen MR) is 110 cm³/mol. The van der Waals surface area contributed by atoms with Crippen LogP contribution >= 0.6 is 0 Å². The fourth-order valence-electron chi connectivity index (χ4n) is 3.60. The number of aryl methyl sites for hydroxylation is 1. The van der Waals surface area contributed by atoms with Crippen molar-refractivity contribution in [2.24, 2.45) is 5.92 Å². The monoisotopic (exact) mass is 452 g/mol. The molecule has 0 radical (unpaired) electrons. The van der Waals surface area contributed by atoms with Crippen molar-refractivity contribution in [1.29, 1.82) is 0 Å². The van der Waals surface area contributed by atoms with Crippen LogP contribution in [0.4, 0.5) is 0 Å². The van der Waals surface area contributed by atoms with E-state index in [-0.39, 0.29) is 31.3 Å². The Morgan fingerprint density at radius 3 is 2.44 bits per heavy atom. The zero-order valence-electron chi connectivity index (χ0n) is 18.0. The lowest BCUT2D eigenvalue weighted by molar-refractivity contribution is -0.141. The standard InChI is InChI=1S/C20H26N2O7.CH2O2/c1-11-7-16-17(29-6-5-28-16)9-13(11)20(26)22-14-8-12(3-4-15(14)23)19(25)21-10-18(24)27-2;2-1-3/h7,9,12,14-15,23H,3-6,8,10H2,1-2H3,(H,21,25)(H,22,26);1H,(H,2,3)/t12-,14+,15+;/m0./s1. The molecule has 0 saturated heterocycles. The smallest absolute Gasteiger partial charge is 0.325 e. The van der Waals surface area contributed by atoms with E-state index >= 15 is 0 Å². The molecule has 1 saturated carbocycles. The molecule has 1 heterocycles. The molecule has 2 aliphatic rings. The number of hydrogen-bond acceptors (Lipinski definition) is 8. The Kier molecular flexibility index (Phi) is 9.26. The summed E-state index contributed by atoms with van der Waals surface area (Å²) in [6.07, 6.45) is 0.384. The van der Waals surface area contributed by atoms with E-state index in [1.54, 1.807) is 19.1 Å². The van der Waals surface area contributed by atoms with Gasteiger partial charge in [-0.1, -0.05) is 0 Å². The average Bonchev–Trinajstić information content (AvgIpc) is 2.78. The van der Waals surface area contributed by atoms with E-state index in [1.165, 1.54) is 7.11 Å². The first-order valence-corrected chi connectivity index (χ1v) is 10.1. The number of amides is 2. The summed E-state index contributed by atoms with van der Waals surface area (Å²) in [5.74, 6) is -0.472. The summed E-state index contributed by atoms with van der Waals surface area (Å²) in [6.45, 7) is 2.22. The van der Waals surface area contributed by atoms with Gasteiger partial charge in [0.15, 0.2) is 11.5 Å². The molecule has 0 unspecified atom stereocenters. The minimum atomic E-state index is -0.749. The van der Waals surface area contributed by atoms with Gasteiger partial charge in [0.05, 0.1) is 19.3 Å². The first-order valence-electron chi connectivity index (χ1n) is 10.1. The molecular weight excluding hydrogens is 424 g/mol. The van der Waals surface area contributed by atoms with Crippen LogP contribution in [-0.2, 0) is 19.1 Å². The molecule has 11 heteroatoms. The molecule has 2 amide bonds. The summed E-state index contributed by atoms with van der Waals surface area (Å²) < 4.78 is 15.6. The number of nitrogens with one attached hydrogen (secondary N) is 2. The van der Waals surface area contributed by atoms with Crippen LogP contribution in [0.2, 0.25) is 0 Å². The molecule has 1 fully saturated rings. The number of methoxy groups -OCH3 is 1. The topological polar surface area (TPSA) is 160 Å². The van der Waals surface area contributed by atoms with Crippen molar-refractivity contribution in [2.75, 3.05) is 26.9 Å². The highest BCUT2D eigenvalue weighted by Crippen LogP contribution is 2.33. The summed E-state index contributed by atoms with van der Waals surface area (Å²) in [5, 5.41) is 22.6. The van der Waals surface area contributed by atoms with Crippen molar-refractivity contribution < 1.29 is 43.6 Å². The highest BCUT2D eigenvalue weighted by molar-refractivity contribution is 5.96. The van der Waals surface area contributed by atoms with Crippen molar-refractivity contribution in [3.8, 4) is 11.5 Å². The largest absolute Gasteiger partial charge is 0.486 e. The molecule has 0 aromatic heterocycles. The van der Waals surface area contributed by atoms with Gasteiger partial charge >= 0.3 is 5.97 Å². The second-order valence-corrected chi connectivity index (χ2v) is 7.37. The Balaban J connectivity index is 0.00000114. The zero-order valence-corrected chi connectivity index (χ0v) is 18.0. The minimum Gasteiger partial charge on any atom is -0.486 e. The lowest BCUT2D eigenvalue weighted by Crippen LogP contribution is -2.50. The van der Waals surface area contributed by atoms with Gasteiger partial charge in [0.25, 0.3) is 12.4 Å². The molecule has 32 heavy (non-hydrogen) atoms. The van der Waals surface area contributed by atoms with Crippen LogP contribution in [0.25, 0.3) is 0 Å². The van der Waals surface area contributed by atoms with E-state index in [0.717, 1.165) is 5.56 Å². The number of esters is 1. The number of ether oxygens (including phenoxy) is 3. The number of benzene rings is 1. The SMILES string of the molecule is COC(=O)CNC(=O)[C@H]1CC[C@@H](O)[C@H](NC(=O)c2cc3c(cc2C)OCCO3)C1.O=CO. The third kappa shape index (κ3) is 6.58. The number of carbonyl (C=O) groups is 4. The Morgan fingerprint density at radius 2 is 1.81 bits per heavy atom. The van der Waals surface area contributed by atoms with Crippen LogP contribution in [0.5, 0.6) is 11.5 Å². The Labute approximate surface area is 185 Å². The number of aliphatic hydroxyl groups is 1. The number of carbonyl (C=O) groups excluding carboxylic acids is 3. The van der Waals surface area contributed by atoms with Crippen molar-refractivity contribution in [3.05, 3.63) is 23.3 Å². The number of aliphatic hydroxyl groups excluding tert-OH is 1. The second kappa shape index (κ2) is 11.9. The van der Waals surface area contributed by atoms with Crippen LogP contribution in [0.15, 0.2) is 12.1 Å². The van der Waals surface area contributed by atoms with Gasteiger partial charge in [0.1, 0.15) is 19.8 Å². The number of fused-ring (bicyclic) bond motifs is 1. The van der Waals surface area contributed by atoms with Gasteiger partial charge < -0.3 is 35.1 Å². The van der Waals surface area contributed by atoms with E-state index in [0.29, 0.717) is 43.1 Å². The summed E-state index contributed by atoms with van der Waals surface area (Å²) in [4.78, 5) is 44.7. The van der Waals surface area contributed by atoms with Gasteiger partial charge in [-0.3, -0.25) is 19.2 Å². The molecule has 1 aliphatic heterocycles. The van der Waals surface area contributed by atoms with Gasteiger partial charge in [0.2, 0.25) is 5.91 Å². The number of carboxylic acid groups (broad SMARTS) is 1. The van der Waals surface area contributed by atoms with Crippen LogP contribution in [0.1, 0.15) is 35.2 Å². The molecule has 0 bridgehead atoms. The lowest BCUT2D eigenvalue weighted by Gasteiger charge is -2.33. The van der Waals surface area contributed by atoms with Crippen molar-refractivity contribution in [1.82, 2.24) is 10.6 Å². The highest BCUT2D eigenvalue weighted by atomic mass is 16.6. The van der Waals surface area contributed by atoms with Crippen LogP contribution in [0, 0.1) is 12.8 Å². The molecule has 11 nitrogen and oxygen atoms in total. The maximum absolute atomic E-state index is 12.8. The molecule has 3 atom stereocenters. The maximum atomic E-state index is 12.8. The van der Waals surface area contributed by atoms with Crippen molar-refractivity contribution in [2.45, 2.75) is 38.3 Å². The molecular formula is C21H28N2O9. The van der Waals surface area contributed by atoms with Crippen molar-refractivity contribution >= 4 is 24.3 Å². The van der Waals surface area contributed by atoms with Crippen LogP contribution in [-0.4, -0.2) is 73.5 Å². The molecule has 176 valence electrons. The van der Waals surface area contributed by atoms with E-state index < -0.39 is 24.0 Å². The normalized spacial score (nSPS) is 21.3. The van der Waals surface area contributed by atoms with Gasteiger partial charge in [-0.2, -0.15) is 0 Å². The van der Waals surface area contributed by atoms with Crippen molar-refractivity contribution in [3.63, 3.8) is 0 Å². The number of rotatable bonds is 5. The quantitative estimate of drug-likeness (QED) is 0.356. The maximum Gasteiger partial charge on any atom is 0.325 e. The summed E-state index contributed by atoms with van der Waals surface area (Å²) in [7, 11) is 1.25. The zero-order chi connectivity index (χ0) is 23.7. The molecule has 1 aromatic rings. The lowest BCUT2D eigenvalue weighted by atomic mass is 9.83. The Bertz CT molecular complexity index is 843. The molecule has 4 N–H and O–H groups in total. The molecule has 1 aromatic carbocycles. The second-order valence-electron chi connectivity index (χ2n) is 7.37. The predicted octanol–water partition coefficient (Wildman–Crippen LogP) is 0.0156. The Hall–Kier alpha value is -3.34. The van der Waals surface area contributed by atoms with Gasteiger partial charge in [-0.05, 0) is 43.9 Å². The summed E-state index contributed by atoms with van der Waals surface area (Å²) >= 11 is 0. The molecule has 0 spiro atoms. The van der Waals surface area contributed by atoms with Gasteiger partial charge in [-0.15, -0.1) is 0 Å². The third-order valence-corrected chi connectivity index (χ3v) is 5.27. The highest BCUT2D eigenvalue weighted by Gasteiger charge is 2.34. The van der Waals surface area contributed by atoms with E-state index in [2.05, 4.69) is 15.4 Å².